The Hall–Kier alpha value is -0.860. The third kappa shape index (κ3) is 3.06. The zero-order valence-electron chi connectivity index (χ0n) is 8.97. The van der Waals surface area contributed by atoms with Gasteiger partial charge in [0.15, 0.2) is 0 Å². The molecule has 0 aromatic heterocycles. The fourth-order valence-corrected chi connectivity index (χ4v) is 2.49. The first-order chi connectivity index (χ1) is 7.90. The van der Waals surface area contributed by atoms with Crippen molar-refractivity contribution in [3.05, 3.63) is 54.6 Å². The lowest BCUT2D eigenvalue weighted by molar-refractivity contribution is 1.50. The van der Waals surface area contributed by atoms with E-state index in [0.29, 0.717) is 0 Å². The summed E-state index contributed by atoms with van der Waals surface area (Å²) in [6.45, 7) is 0. The van der Waals surface area contributed by atoms with Crippen molar-refractivity contribution in [1.82, 2.24) is 0 Å². The van der Waals surface area contributed by atoms with E-state index < -0.39 is 0 Å². The second-order valence-electron chi connectivity index (χ2n) is 3.47. The lowest BCUT2D eigenvalue weighted by atomic mass is 10.1. The lowest BCUT2D eigenvalue weighted by Gasteiger charge is -2.01. The summed E-state index contributed by atoms with van der Waals surface area (Å²) in [7, 11) is 0. The van der Waals surface area contributed by atoms with Crippen molar-refractivity contribution in [2.24, 2.45) is 0 Å². The van der Waals surface area contributed by atoms with Gasteiger partial charge in [0.25, 0.3) is 0 Å². The quantitative estimate of drug-likeness (QED) is 0.473. The molecule has 2 aromatic carbocycles. The van der Waals surface area contributed by atoms with Gasteiger partial charge < -0.3 is 0 Å². The molecule has 82 valence electrons. The summed E-state index contributed by atoms with van der Waals surface area (Å²) in [5, 5.41) is 2.61. The minimum absolute atomic E-state index is 0.818. The summed E-state index contributed by atoms with van der Waals surface area (Å²) >= 11 is 5.99. The van der Waals surface area contributed by atoms with Gasteiger partial charge >= 0.3 is 0 Å². The highest BCUT2D eigenvalue weighted by molar-refractivity contribution is 7.99. The van der Waals surface area contributed by atoms with E-state index in [1.54, 1.807) is 0 Å². The van der Waals surface area contributed by atoms with Crippen molar-refractivity contribution in [2.75, 3.05) is 11.5 Å². The second kappa shape index (κ2) is 6.02. The molecule has 0 spiro atoms. The Labute approximate surface area is 106 Å². The molecule has 2 heteroatoms. The zero-order chi connectivity index (χ0) is 11.2. The highest BCUT2D eigenvalue weighted by Gasteiger charge is 1.95. The molecular weight excluding hydrogens is 232 g/mol. The molecule has 0 aliphatic rings. The van der Waals surface area contributed by atoms with Crippen LogP contribution in [-0.2, 0) is 0 Å². The maximum absolute atomic E-state index is 4.13. The Balaban J connectivity index is 2.10. The fraction of sp³-hybridized carbons (Fsp3) is 0.143. The minimum atomic E-state index is 0.818. The molecule has 0 saturated heterocycles. The highest BCUT2D eigenvalue weighted by Crippen LogP contribution is 2.23. The summed E-state index contributed by atoms with van der Waals surface area (Å²) in [6, 6.07) is 15.1. The van der Waals surface area contributed by atoms with E-state index in [0.717, 1.165) is 11.5 Å². The molecule has 0 aliphatic carbocycles. The molecule has 16 heavy (non-hydrogen) atoms. The first-order valence-electron chi connectivity index (χ1n) is 5.27. The summed E-state index contributed by atoms with van der Waals surface area (Å²) in [5.41, 5.74) is 0. The van der Waals surface area contributed by atoms with Gasteiger partial charge in [-0.2, -0.15) is 12.6 Å². The third-order valence-corrected chi connectivity index (χ3v) is 3.50. The second-order valence-corrected chi connectivity index (χ2v) is 4.93. The van der Waals surface area contributed by atoms with E-state index in [1.807, 2.05) is 11.8 Å². The molecule has 0 nitrogen and oxygen atoms in total. The number of hydrogen-bond donors (Lipinski definition) is 1. The predicted molar refractivity (Wildman–Crippen MR) is 77.7 cm³/mol. The minimum Gasteiger partial charge on any atom is -0.175 e. The number of hydrogen-bond acceptors (Lipinski definition) is 2. The van der Waals surface area contributed by atoms with E-state index in [1.165, 1.54) is 15.7 Å². The fourth-order valence-electron chi connectivity index (χ4n) is 1.54. The van der Waals surface area contributed by atoms with Crippen molar-refractivity contribution < 1.29 is 0 Å². The Morgan fingerprint density at radius 1 is 1.00 bits per heavy atom. The van der Waals surface area contributed by atoms with Crippen LogP contribution in [0, 0.1) is 0 Å². The molecule has 0 fully saturated rings. The van der Waals surface area contributed by atoms with Crippen molar-refractivity contribution >= 4 is 35.2 Å². The molecule has 0 saturated carbocycles. The van der Waals surface area contributed by atoms with Crippen LogP contribution in [0.15, 0.2) is 59.5 Å². The van der Waals surface area contributed by atoms with Crippen molar-refractivity contribution in [3.63, 3.8) is 0 Å². The maximum atomic E-state index is 4.13. The third-order valence-electron chi connectivity index (χ3n) is 2.34. The summed E-state index contributed by atoms with van der Waals surface area (Å²) in [4.78, 5) is 1.32. The van der Waals surface area contributed by atoms with Crippen LogP contribution in [0.1, 0.15) is 0 Å². The van der Waals surface area contributed by atoms with Gasteiger partial charge in [-0.1, -0.05) is 42.5 Å². The Bertz CT molecular complexity index is 489. The number of benzene rings is 2. The van der Waals surface area contributed by atoms with Gasteiger partial charge in [0, 0.05) is 16.4 Å². The molecular formula is C14H14S2. The van der Waals surface area contributed by atoms with Gasteiger partial charge in [-0.05, 0) is 22.9 Å². The monoisotopic (exact) mass is 246 g/mol. The predicted octanol–water partition coefficient (Wildman–Crippen LogP) is 4.42. The van der Waals surface area contributed by atoms with E-state index in [9.17, 15) is 0 Å². The summed E-state index contributed by atoms with van der Waals surface area (Å²) < 4.78 is 0. The first-order valence-corrected chi connectivity index (χ1v) is 6.89. The first kappa shape index (κ1) is 11.6. The Kier molecular flexibility index (Phi) is 4.37. The van der Waals surface area contributed by atoms with Crippen LogP contribution in [0.3, 0.4) is 0 Å². The summed E-state index contributed by atoms with van der Waals surface area (Å²) in [6.07, 6.45) is 4.24. The van der Waals surface area contributed by atoms with Crippen LogP contribution < -0.4 is 0 Å². The topological polar surface area (TPSA) is 0 Å². The number of rotatable bonds is 4. The van der Waals surface area contributed by atoms with Crippen LogP contribution in [0.2, 0.25) is 0 Å². The van der Waals surface area contributed by atoms with Gasteiger partial charge in [-0.25, -0.2) is 0 Å². The van der Waals surface area contributed by atoms with Crippen molar-refractivity contribution in [2.45, 2.75) is 4.90 Å². The smallest absolute Gasteiger partial charge is 0.0161 e. The van der Waals surface area contributed by atoms with Gasteiger partial charge in [0.1, 0.15) is 0 Å². The molecule has 0 radical (unpaired) electrons. The van der Waals surface area contributed by atoms with Crippen LogP contribution in [-0.4, -0.2) is 11.5 Å². The van der Waals surface area contributed by atoms with Gasteiger partial charge in [0.05, 0.1) is 0 Å². The SMILES string of the molecule is SCC=CCSc1ccc2ccccc2c1. The highest BCUT2D eigenvalue weighted by atomic mass is 32.2. The van der Waals surface area contributed by atoms with E-state index in [4.69, 9.17) is 0 Å². The van der Waals surface area contributed by atoms with Crippen molar-refractivity contribution in [3.8, 4) is 0 Å². The molecule has 0 atom stereocenters. The maximum Gasteiger partial charge on any atom is 0.0161 e. The van der Waals surface area contributed by atoms with Gasteiger partial charge in [-0.3, -0.25) is 0 Å². The Morgan fingerprint density at radius 2 is 1.81 bits per heavy atom. The molecule has 0 aliphatic heterocycles. The van der Waals surface area contributed by atoms with Crippen LogP contribution in [0.5, 0.6) is 0 Å². The zero-order valence-corrected chi connectivity index (χ0v) is 10.7. The molecule has 0 unspecified atom stereocenters. The average Bonchev–Trinajstić information content (AvgIpc) is 2.34. The molecule has 2 aromatic rings. The van der Waals surface area contributed by atoms with Crippen LogP contribution in [0.4, 0.5) is 0 Å². The largest absolute Gasteiger partial charge is 0.175 e. The van der Waals surface area contributed by atoms with E-state index in [2.05, 4.69) is 67.2 Å². The number of fused-ring (bicyclic) bond motifs is 1. The Morgan fingerprint density at radius 3 is 2.62 bits per heavy atom. The van der Waals surface area contributed by atoms with Crippen LogP contribution >= 0.6 is 24.4 Å². The molecule has 0 heterocycles. The number of thiol groups is 1. The standard InChI is InChI=1S/C14H14S2/c15-9-3-4-10-16-14-8-7-12-5-1-2-6-13(12)11-14/h1-8,11,15H,9-10H2. The molecule has 2 rings (SSSR count). The molecule has 0 N–H and O–H groups in total. The van der Waals surface area contributed by atoms with Crippen LogP contribution in [0.25, 0.3) is 10.8 Å². The molecule has 0 bridgehead atoms. The van der Waals surface area contributed by atoms with Crippen molar-refractivity contribution in [1.29, 1.82) is 0 Å². The average molecular weight is 246 g/mol. The molecule has 0 amide bonds. The normalized spacial score (nSPS) is 11.3. The van der Waals surface area contributed by atoms with Gasteiger partial charge in [-0.15, -0.1) is 11.8 Å². The number of thioether (sulfide) groups is 1. The lowest BCUT2D eigenvalue weighted by Crippen LogP contribution is -1.76. The van der Waals surface area contributed by atoms with E-state index >= 15 is 0 Å². The van der Waals surface area contributed by atoms with Gasteiger partial charge in [0.2, 0.25) is 0 Å². The summed E-state index contributed by atoms with van der Waals surface area (Å²) in [5.74, 6) is 1.83. The van der Waals surface area contributed by atoms with E-state index in [-0.39, 0.29) is 0 Å².